The average molecular weight is 288 g/mol. The Morgan fingerprint density at radius 3 is 2.33 bits per heavy atom. The number of rotatable bonds is 3. The highest BCUT2D eigenvalue weighted by molar-refractivity contribution is 5.81. The Labute approximate surface area is 129 Å². The number of allylic oxidation sites excluding steroid dienone is 4. The van der Waals surface area contributed by atoms with Gasteiger partial charge in [0.05, 0.1) is 5.69 Å². The van der Waals surface area contributed by atoms with Crippen molar-refractivity contribution in [1.29, 1.82) is 0 Å². The quantitative estimate of drug-likeness (QED) is 0.832. The number of benzene rings is 1. The number of carbonyl (C=O) groups excluding carboxylic acids is 1. The molecule has 21 heavy (non-hydrogen) atoms. The third kappa shape index (κ3) is 8.69. The van der Waals surface area contributed by atoms with Crippen molar-refractivity contribution in [3.8, 4) is 0 Å². The van der Waals surface area contributed by atoms with Crippen molar-refractivity contribution in [2.24, 2.45) is 0 Å². The molecule has 3 heteroatoms. The van der Waals surface area contributed by atoms with E-state index in [0.29, 0.717) is 6.42 Å². The summed E-state index contributed by atoms with van der Waals surface area (Å²) in [5, 5.41) is 1.86. The number of hydrogen-bond donors (Lipinski definition) is 1. The number of anilines is 1. The summed E-state index contributed by atoms with van der Waals surface area (Å²) >= 11 is 0. The van der Waals surface area contributed by atoms with Crippen LogP contribution in [0, 0.1) is 0 Å². The van der Waals surface area contributed by atoms with Crippen LogP contribution in [-0.4, -0.2) is 12.5 Å². The second kappa shape index (κ2) is 13.0. The van der Waals surface area contributed by atoms with Gasteiger partial charge in [0, 0.05) is 13.0 Å². The summed E-state index contributed by atoms with van der Waals surface area (Å²) in [6.07, 6.45) is 9.95. The van der Waals surface area contributed by atoms with Crippen molar-refractivity contribution in [3.05, 3.63) is 54.6 Å². The van der Waals surface area contributed by atoms with Crippen LogP contribution in [0.25, 0.3) is 0 Å². The maximum absolute atomic E-state index is 10.9. The molecule has 1 aromatic rings. The monoisotopic (exact) mass is 288 g/mol. The van der Waals surface area contributed by atoms with Crippen molar-refractivity contribution in [3.63, 3.8) is 0 Å². The van der Waals surface area contributed by atoms with Crippen molar-refractivity contribution in [2.75, 3.05) is 11.6 Å². The van der Waals surface area contributed by atoms with E-state index in [0.717, 1.165) is 18.7 Å². The first kappa shape index (κ1) is 19.0. The van der Waals surface area contributed by atoms with E-state index >= 15 is 0 Å². The Balaban J connectivity index is 0.000000385. The molecular weight excluding hydrogens is 260 g/mol. The molecule has 1 amide bonds. The fourth-order valence-electron chi connectivity index (χ4n) is 1.60. The normalized spacial score (nSPS) is 13.5. The summed E-state index contributed by atoms with van der Waals surface area (Å²) in [5.74, 6) is 0.0962. The number of hydrazine groups is 1. The lowest BCUT2D eigenvalue weighted by Gasteiger charge is -2.16. The van der Waals surface area contributed by atoms with E-state index in [2.05, 4.69) is 24.5 Å². The standard InChI is InChI=1S/C9H10N2O.C7H12.C2H6/c12-9-6-7-11(10-9)8-4-2-1-3-5-8;1-3-5-7-6-4-2;1-2/h1-5H,6-7H2,(H,10,12);3,5-7H,4H2,1-2H3;1-2H3/b;5-3-,7-6-;. The van der Waals surface area contributed by atoms with Crippen LogP contribution in [0.5, 0.6) is 0 Å². The molecule has 0 bridgehead atoms. The van der Waals surface area contributed by atoms with Crippen molar-refractivity contribution >= 4 is 11.6 Å². The van der Waals surface area contributed by atoms with E-state index in [1.54, 1.807) is 0 Å². The molecule has 0 atom stereocenters. The van der Waals surface area contributed by atoms with Gasteiger partial charge in [-0.15, -0.1) is 0 Å². The Hall–Kier alpha value is -2.03. The molecule has 1 aliphatic rings. The van der Waals surface area contributed by atoms with Crippen molar-refractivity contribution in [1.82, 2.24) is 5.43 Å². The smallest absolute Gasteiger partial charge is 0.240 e. The second-order valence-corrected chi connectivity index (χ2v) is 4.13. The van der Waals surface area contributed by atoms with Gasteiger partial charge in [0.15, 0.2) is 0 Å². The van der Waals surface area contributed by atoms with E-state index in [4.69, 9.17) is 0 Å². The summed E-state index contributed by atoms with van der Waals surface area (Å²) in [6, 6.07) is 9.83. The van der Waals surface area contributed by atoms with Crippen LogP contribution in [0.4, 0.5) is 5.69 Å². The van der Waals surface area contributed by atoms with Gasteiger partial charge >= 0.3 is 0 Å². The minimum Gasteiger partial charge on any atom is -0.285 e. The van der Waals surface area contributed by atoms with E-state index < -0.39 is 0 Å². The predicted octanol–water partition coefficient (Wildman–Crippen LogP) is 4.48. The Morgan fingerprint density at radius 2 is 1.86 bits per heavy atom. The largest absolute Gasteiger partial charge is 0.285 e. The van der Waals surface area contributed by atoms with Crippen molar-refractivity contribution < 1.29 is 4.79 Å². The number of amides is 1. The van der Waals surface area contributed by atoms with Gasteiger partial charge in [-0.25, -0.2) is 0 Å². The molecule has 0 saturated carbocycles. The topological polar surface area (TPSA) is 32.3 Å². The first-order chi connectivity index (χ1) is 10.3. The molecule has 0 aromatic heterocycles. The third-order valence-electron chi connectivity index (χ3n) is 2.57. The molecule has 0 spiro atoms. The molecular formula is C18H28N2O. The molecule has 116 valence electrons. The van der Waals surface area contributed by atoms with Gasteiger partial charge in [0.2, 0.25) is 5.91 Å². The maximum atomic E-state index is 10.9. The Morgan fingerprint density at radius 1 is 1.19 bits per heavy atom. The van der Waals surface area contributed by atoms with Gasteiger partial charge in [-0.05, 0) is 25.5 Å². The lowest BCUT2D eigenvalue weighted by molar-refractivity contribution is -0.119. The highest BCUT2D eigenvalue weighted by atomic mass is 16.2. The summed E-state index contributed by atoms with van der Waals surface area (Å²) < 4.78 is 0. The maximum Gasteiger partial charge on any atom is 0.240 e. The van der Waals surface area contributed by atoms with Gasteiger partial charge in [-0.2, -0.15) is 0 Å². The number of para-hydroxylation sites is 1. The molecule has 2 rings (SSSR count). The van der Waals surface area contributed by atoms with Crippen LogP contribution in [0.2, 0.25) is 0 Å². The highest BCUT2D eigenvalue weighted by Gasteiger charge is 2.17. The summed E-state index contributed by atoms with van der Waals surface area (Å²) in [7, 11) is 0. The average Bonchev–Trinajstić information content (AvgIpc) is 2.98. The lowest BCUT2D eigenvalue weighted by Crippen LogP contribution is -2.32. The lowest BCUT2D eigenvalue weighted by atomic mass is 10.3. The van der Waals surface area contributed by atoms with Gasteiger partial charge in [0.25, 0.3) is 0 Å². The van der Waals surface area contributed by atoms with E-state index in [9.17, 15) is 4.79 Å². The molecule has 3 nitrogen and oxygen atoms in total. The Bertz CT molecular complexity index is 424. The third-order valence-corrected chi connectivity index (χ3v) is 2.57. The zero-order chi connectivity index (χ0) is 15.9. The molecule has 1 fully saturated rings. The van der Waals surface area contributed by atoms with Gasteiger partial charge < -0.3 is 0 Å². The van der Waals surface area contributed by atoms with Gasteiger partial charge in [-0.1, -0.05) is 63.3 Å². The molecule has 0 aliphatic carbocycles. The van der Waals surface area contributed by atoms with Crippen LogP contribution >= 0.6 is 0 Å². The fourth-order valence-corrected chi connectivity index (χ4v) is 1.60. The first-order valence-electron chi connectivity index (χ1n) is 7.67. The minimum atomic E-state index is 0.0962. The number of carbonyl (C=O) groups is 1. The zero-order valence-electron chi connectivity index (χ0n) is 13.7. The molecule has 1 heterocycles. The molecule has 1 aliphatic heterocycles. The number of nitrogens with zero attached hydrogens (tertiary/aromatic N) is 1. The summed E-state index contributed by atoms with van der Waals surface area (Å²) in [6.45, 7) is 8.91. The van der Waals surface area contributed by atoms with Crippen LogP contribution in [0.3, 0.4) is 0 Å². The van der Waals surface area contributed by atoms with Crippen LogP contribution < -0.4 is 10.4 Å². The minimum absolute atomic E-state index is 0.0962. The van der Waals surface area contributed by atoms with Crippen LogP contribution in [-0.2, 0) is 4.79 Å². The van der Waals surface area contributed by atoms with Crippen LogP contribution in [0.15, 0.2) is 54.6 Å². The summed E-state index contributed by atoms with van der Waals surface area (Å²) in [4.78, 5) is 10.9. The van der Waals surface area contributed by atoms with E-state index in [1.165, 1.54) is 0 Å². The molecule has 0 radical (unpaired) electrons. The summed E-state index contributed by atoms with van der Waals surface area (Å²) in [5.41, 5.74) is 3.81. The fraction of sp³-hybridized carbons (Fsp3) is 0.389. The van der Waals surface area contributed by atoms with Crippen LogP contribution in [0.1, 0.15) is 40.5 Å². The molecule has 1 saturated heterocycles. The molecule has 1 aromatic carbocycles. The number of nitrogens with one attached hydrogen (secondary N) is 1. The van der Waals surface area contributed by atoms with Gasteiger partial charge in [-0.3, -0.25) is 15.2 Å². The van der Waals surface area contributed by atoms with E-state index in [-0.39, 0.29) is 5.91 Å². The van der Waals surface area contributed by atoms with Gasteiger partial charge in [0.1, 0.15) is 0 Å². The first-order valence-corrected chi connectivity index (χ1v) is 7.67. The second-order valence-electron chi connectivity index (χ2n) is 4.13. The van der Waals surface area contributed by atoms with Crippen molar-refractivity contribution in [2.45, 2.75) is 40.5 Å². The molecule has 1 N–H and O–H groups in total. The SMILES string of the molecule is C/C=C\C=C/CC.CC.O=C1CCN(c2ccccc2)N1. The zero-order valence-corrected chi connectivity index (χ0v) is 13.7. The highest BCUT2D eigenvalue weighted by Crippen LogP contribution is 2.13. The van der Waals surface area contributed by atoms with E-state index in [1.807, 2.05) is 68.3 Å². The Kier molecular flexibility index (Phi) is 11.7. The predicted molar refractivity (Wildman–Crippen MR) is 92.1 cm³/mol. The number of hydrogen-bond acceptors (Lipinski definition) is 2. The molecule has 0 unspecified atom stereocenters.